The minimum atomic E-state index is -1.15. The molecule has 0 aromatic carbocycles. The van der Waals surface area contributed by atoms with Crippen molar-refractivity contribution in [1.29, 1.82) is 0 Å². The molecule has 2 aliphatic heterocycles. The molecule has 0 aromatic heterocycles. The maximum Gasteiger partial charge on any atom is 0.337 e. The van der Waals surface area contributed by atoms with Gasteiger partial charge in [0.25, 0.3) is 0 Å². The Morgan fingerprint density at radius 3 is 2.29 bits per heavy atom. The molecular weight excluding hydrogens is 224 g/mol. The summed E-state index contributed by atoms with van der Waals surface area (Å²) < 4.78 is 10.5. The van der Waals surface area contributed by atoms with Gasteiger partial charge in [0.15, 0.2) is 0 Å². The van der Waals surface area contributed by atoms with E-state index >= 15 is 0 Å². The lowest BCUT2D eigenvalue weighted by molar-refractivity contribution is -0.140. The van der Waals surface area contributed by atoms with E-state index in [2.05, 4.69) is 0 Å². The van der Waals surface area contributed by atoms with Gasteiger partial charge in [-0.25, -0.2) is 9.59 Å². The lowest BCUT2D eigenvalue weighted by Crippen LogP contribution is -2.29. The number of hydrogen-bond acceptors (Lipinski definition) is 4. The van der Waals surface area contributed by atoms with Gasteiger partial charge in [0, 0.05) is 0 Å². The summed E-state index contributed by atoms with van der Waals surface area (Å²) in [7, 11) is 0. The van der Waals surface area contributed by atoms with Crippen LogP contribution >= 0.6 is 0 Å². The van der Waals surface area contributed by atoms with Gasteiger partial charge in [0.2, 0.25) is 0 Å². The summed E-state index contributed by atoms with van der Waals surface area (Å²) in [6.07, 6.45) is 3.37. The molecule has 17 heavy (non-hydrogen) atoms. The lowest BCUT2D eigenvalue weighted by atomic mass is 9.83. The minimum absolute atomic E-state index is 0.0269. The van der Waals surface area contributed by atoms with Gasteiger partial charge in [-0.1, -0.05) is 0 Å². The molecule has 2 bridgehead atoms. The normalized spacial score (nSPS) is 34.3. The minimum Gasteiger partial charge on any atom is -0.478 e. The molecule has 0 fully saturated rings. The molecule has 2 rings (SSSR count). The molecule has 0 spiro atoms. The average Bonchev–Trinajstić information content (AvgIpc) is 2.63. The van der Waals surface area contributed by atoms with Gasteiger partial charge < -0.3 is 14.6 Å². The van der Waals surface area contributed by atoms with Crippen LogP contribution in [0.3, 0.4) is 0 Å². The van der Waals surface area contributed by atoms with Crippen LogP contribution in [-0.2, 0) is 19.1 Å². The van der Waals surface area contributed by atoms with Crippen LogP contribution in [0.15, 0.2) is 23.3 Å². The van der Waals surface area contributed by atoms with E-state index in [0.29, 0.717) is 0 Å². The third kappa shape index (κ3) is 1.50. The zero-order chi connectivity index (χ0) is 12.8. The Kier molecular flexibility index (Phi) is 2.39. The first-order valence-electron chi connectivity index (χ1n) is 5.40. The molecule has 0 radical (unpaired) electrons. The predicted molar refractivity (Wildman–Crippen MR) is 58.3 cm³/mol. The number of carbonyl (C=O) groups excluding carboxylic acids is 1. The Labute approximate surface area is 98.7 Å². The average molecular weight is 238 g/mol. The maximum atomic E-state index is 11.8. The number of ether oxygens (including phenoxy) is 2. The van der Waals surface area contributed by atoms with Crippen LogP contribution in [0.25, 0.3) is 0 Å². The zero-order valence-electron chi connectivity index (χ0n) is 9.94. The molecule has 0 amide bonds. The first kappa shape index (κ1) is 11.9. The topological polar surface area (TPSA) is 72.8 Å². The molecule has 0 aliphatic carbocycles. The smallest absolute Gasteiger partial charge is 0.337 e. The van der Waals surface area contributed by atoms with Crippen molar-refractivity contribution in [1.82, 2.24) is 0 Å². The first-order chi connectivity index (χ1) is 7.84. The summed E-state index contributed by atoms with van der Waals surface area (Å²) in [5.41, 5.74) is -1.96. The summed E-state index contributed by atoms with van der Waals surface area (Å²) in [5.74, 6) is -1.77. The highest BCUT2D eigenvalue weighted by Gasteiger charge is 2.57. The summed E-state index contributed by atoms with van der Waals surface area (Å²) in [4.78, 5) is 23.1. The SMILES string of the molecule is CCOC(=O)C1=C(C(=O)O)C2(C)C=CC1(C)O2. The van der Waals surface area contributed by atoms with E-state index in [1.165, 1.54) is 0 Å². The largest absolute Gasteiger partial charge is 0.478 e. The third-order valence-electron chi connectivity index (χ3n) is 3.08. The summed E-state index contributed by atoms with van der Waals surface area (Å²) in [6.45, 7) is 5.17. The fourth-order valence-corrected chi connectivity index (χ4v) is 2.42. The molecular formula is C12H14O5. The second kappa shape index (κ2) is 3.43. The van der Waals surface area contributed by atoms with Crippen LogP contribution in [0.5, 0.6) is 0 Å². The first-order valence-corrected chi connectivity index (χ1v) is 5.40. The molecule has 1 N–H and O–H groups in total. The number of hydrogen-bond donors (Lipinski definition) is 1. The summed E-state index contributed by atoms with van der Waals surface area (Å²) in [6, 6.07) is 0. The van der Waals surface area contributed by atoms with E-state index in [1.807, 2.05) is 0 Å². The summed E-state index contributed by atoms with van der Waals surface area (Å²) >= 11 is 0. The molecule has 2 atom stereocenters. The second-order valence-corrected chi connectivity index (χ2v) is 4.43. The van der Waals surface area contributed by atoms with Crippen LogP contribution < -0.4 is 0 Å². The molecule has 2 aliphatic rings. The number of carboxylic acids is 1. The van der Waals surface area contributed by atoms with Crippen molar-refractivity contribution in [2.75, 3.05) is 6.61 Å². The van der Waals surface area contributed by atoms with E-state index in [0.717, 1.165) is 0 Å². The van der Waals surface area contributed by atoms with Crippen molar-refractivity contribution < 1.29 is 24.2 Å². The fraction of sp³-hybridized carbons (Fsp3) is 0.500. The maximum absolute atomic E-state index is 11.8. The lowest BCUT2D eigenvalue weighted by Gasteiger charge is -2.20. The van der Waals surface area contributed by atoms with E-state index in [9.17, 15) is 14.7 Å². The number of carbonyl (C=O) groups is 2. The van der Waals surface area contributed by atoms with Crippen molar-refractivity contribution in [2.24, 2.45) is 0 Å². The number of rotatable bonds is 3. The van der Waals surface area contributed by atoms with E-state index in [-0.39, 0.29) is 17.8 Å². The fourth-order valence-electron chi connectivity index (χ4n) is 2.42. The predicted octanol–water partition coefficient (Wildman–Crippen LogP) is 1.05. The van der Waals surface area contributed by atoms with Crippen LogP contribution in [0.1, 0.15) is 20.8 Å². The Bertz CT molecular complexity index is 462. The molecule has 2 heterocycles. The standard InChI is InChI=1S/C12H14O5/c1-4-16-10(15)8-7(9(13)14)11(2)5-6-12(8,3)17-11/h5-6H,4H2,1-3H3,(H,13,14). The zero-order valence-corrected chi connectivity index (χ0v) is 9.94. The van der Waals surface area contributed by atoms with Crippen molar-refractivity contribution in [3.63, 3.8) is 0 Å². The van der Waals surface area contributed by atoms with Gasteiger partial charge in [0.05, 0.1) is 17.8 Å². The molecule has 92 valence electrons. The van der Waals surface area contributed by atoms with E-state index in [4.69, 9.17) is 9.47 Å². The van der Waals surface area contributed by atoms with Crippen molar-refractivity contribution in [3.05, 3.63) is 23.3 Å². The van der Waals surface area contributed by atoms with Crippen molar-refractivity contribution in [3.8, 4) is 0 Å². The number of esters is 1. The molecule has 5 nitrogen and oxygen atoms in total. The van der Waals surface area contributed by atoms with Gasteiger partial charge in [-0.05, 0) is 32.9 Å². The molecule has 0 saturated carbocycles. The van der Waals surface area contributed by atoms with Crippen LogP contribution in [-0.4, -0.2) is 34.9 Å². The van der Waals surface area contributed by atoms with Gasteiger partial charge in [-0.15, -0.1) is 0 Å². The van der Waals surface area contributed by atoms with E-state index in [1.54, 1.807) is 32.9 Å². The van der Waals surface area contributed by atoms with Gasteiger partial charge in [0.1, 0.15) is 11.2 Å². The van der Waals surface area contributed by atoms with Crippen LogP contribution in [0.4, 0.5) is 0 Å². The van der Waals surface area contributed by atoms with Gasteiger partial charge in [-0.2, -0.15) is 0 Å². The quantitative estimate of drug-likeness (QED) is 0.587. The highest BCUT2D eigenvalue weighted by molar-refractivity contribution is 6.05. The molecule has 0 saturated heterocycles. The van der Waals surface area contributed by atoms with Crippen molar-refractivity contribution in [2.45, 2.75) is 32.0 Å². The third-order valence-corrected chi connectivity index (χ3v) is 3.08. The number of fused-ring (bicyclic) bond motifs is 2. The molecule has 5 heteroatoms. The Morgan fingerprint density at radius 2 is 1.82 bits per heavy atom. The Balaban J connectivity index is 2.54. The Morgan fingerprint density at radius 1 is 1.29 bits per heavy atom. The number of aliphatic carboxylic acids is 1. The monoisotopic (exact) mass is 238 g/mol. The molecule has 0 aromatic rings. The van der Waals surface area contributed by atoms with E-state index < -0.39 is 23.1 Å². The molecule has 2 unspecified atom stereocenters. The van der Waals surface area contributed by atoms with Crippen molar-refractivity contribution >= 4 is 11.9 Å². The van der Waals surface area contributed by atoms with Gasteiger partial charge >= 0.3 is 11.9 Å². The van der Waals surface area contributed by atoms with Gasteiger partial charge in [-0.3, -0.25) is 0 Å². The highest BCUT2D eigenvalue weighted by Crippen LogP contribution is 2.49. The van der Waals surface area contributed by atoms with Crippen LogP contribution in [0, 0.1) is 0 Å². The Hall–Kier alpha value is -1.62. The summed E-state index contributed by atoms with van der Waals surface area (Å²) in [5, 5.41) is 9.22. The number of carboxylic acid groups (broad SMARTS) is 1. The van der Waals surface area contributed by atoms with Crippen LogP contribution in [0.2, 0.25) is 0 Å². The second-order valence-electron chi connectivity index (χ2n) is 4.43. The highest BCUT2D eigenvalue weighted by atomic mass is 16.6.